The summed E-state index contributed by atoms with van der Waals surface area (Å²) < 4.78 is 0. The van der Waals surface area contributed by atoms with Crippen LogP contribution in [0.2, 0.25) is 0 Å². The summed E-state index contributed by atoms with van der Waals surface area (Å²) in [7, 11) is 0. The van der Waals surface area contributed by atoms with Crippen molar-refractivity contribution in [1.29, 1.82) is 0 Å². The van der Waals surface area contributed by atoms with Gasteiger partial charge in [0.1, 0.15) is 5.60 Å². The second kappa shape index (κ2) is 6.61. The highest BCUT2D eigenvalue weighted by molar-refractivity contribution is 6.33. The molecule has 0 radical (unpaired) electrons. The summed E-state index contributed by atoms with van der Waals surface area (Å²) in [6, 6.07) is 0. The number of Topliss-reactive ketones (excluding diaryl/α,β-unsaturated/α-hetero) is 1. The van der Waals surface area contributed by atoms with Gasteiger partial charge in [-0.3, -0.25) is 4.79 Å². The van der Waals surface area contributed by atoms with Gasteiger partial charge in [-0.2, -0.15) is 0 Å². The standard InChI is InChI=1S/C20H26O7/c1-3-20(27)9-7-13-10-4-5-12(15(21)17(23)24)14(16(22)18(25)26)11(10)6-8-19(13,20)2/h1,10-15,21,27H,4-9H2,2H3,(H,23,24)(H,25,26)/t10-,11+,12?,13+,14-,15?,19+,20+/m1/s1. The maximum absolute atomic E-state index is 12.5. The van der Waals surface area contributed by atoms with Crippen molar-refractivity contribution < 1.29 is 34.8 Å². The van der Waals surface area contributed by atoms with E-state index in [9.17, 15) is 34.8 Å². The molecule has 7 nitrogen and oxygen atoms in total. The molecule has 3 fully saturated rings. The predicted molar refractivity (Wildman–Crippen MR) is 93.3 cm³/mol. The van der Waals surface area contributed by atoms with Crippen molar-refractivity contribution in [2.75, 3.05) is 0 Å². The number of aliphatic carboxylic acids is 2. The summed E-state index contributed by atoms with van der Waals surface area (Å²) in [5.41, 5.74) is -1.72. The number of aliphatic hydroxyl groups excluding tert-OH is 1. The molecule has 4 N–H and O–H groups in total. The first-order chi connectivity index (χ1) is 12.6. The van der Waals surface area contributed by atoms with E-state index in [0.717, 1.165) is 0 Å². The predicted octanol–water partition coefficient (Wildman–Crippen LogP) is 0.919. The van der Waals surface area contributed by atoms with Crippen LogP contribution < -0.4 is 0 Å². The topological polar surface area (TPSA) is 132 Å². The van der Waals surface area contributed by atoms with Crippen molar-refractivity contribution in [3.05, 3.63) is 0 Å². The molecular weight excluding hydrogens is 352 g/mol. The average Bonchev–Trinajstić information content (AvgIpc) is 2.91. The van der Waals surface area contributed by atoms with E-state index in [1.165, 1.54) is 0 Å². The number of terminal acetylenes is 1. The van der Waals surface area contributed by atoms with Crippen LogP contribution in [0.5, 0.6) is 0 Å². The van der Waals surface area contributed by atoms with Crippen LogP contribution in [0, 0.1) is 47.3 Å². The number of fused-ring (bicyclic) bond motifs is 3. The lowest BCUT2D eigenvalue weighted by atomic mass is 9.50. The molecule has 0 aromatic heterocycles. The molecule has 0 aromatic rings. The molecule has 3 aliphatic carbocycles. The number of carboxylic acid groups (broad SMARTS) is 2. The molecule has 148 valence electrons. The third-order valence-corrected chi connectivity index (χ3v) is 7.81. The average molecular weight is 378 g/mol. The van der Waals surface area contributed by atoms with Gasteiger partial charge >= 0.3 is 11.9 Å². The smallest absolute Gasteiger partial charge is 0.372 e. The zero-order valence-electron chi connectivity index (χ0n) is 15.3. The summed E-state index contributed by atoms with van der Waals surface area (Å²) >= 11 is 0. The fraction of sp³-hybridized carbons (Fsp3) is 0.750. The number of carbonyl (C=O) groups excluding carboxylic acids is 1. The van der Waals surface area contributed by atoms with Crippen molar-refractivity contribution in [3.63, 3.8) is 0 Å². The minimum atomic E-state index is -1.77. The Morgan fingerprint density at radius 2 is 1.74 bits per heavy atom. The highest BCUT2D eigenvalue weighted by atomic mass is 16.4. The Hall–Kier alpha value is -1.91. The van der Waals surface area contributed by atoms with Crippen LogP contribution in [0.4, 0.5) is 0 Å². The van der Waals surface area contributed by atoms with Crippen molar-refractivity contribution in [2.45, 2.75) is 57.2 Å². The fourth-order valence-electron chi connectivity index (χ4n) is 6.38. The van der Waals surface area contributed by atoms with Crippen LogP contribution in [0.3, 0.4) is 0 Å². The lowest BCUT2D eigenvalue weighted by Gasteiger charge is -2.54. The van der Waals surface area contributed by atoms with E-state index in [4.69, 9.17) is 6.42 Å². The molecule has 27 heavy (non-hydrogen) atoms. The normalized spacial score (nSPS) is 44.4. The van der Waals surface area contributed by atoms with E-state index >= 15 is 0 Å². The first kappa shape index (κ1) is 19.8. The second-order valence-corrected chi connectivity index (χ2v) is 8.65. The lowest BCUT2D eigenvalue weighted by molar-refractivity contribution is -0.166. The summed E-state index contributed by atoms with van der Waals surface area (Å²) in [6.07, 6.45) is 6.87. The summed E-state index contributed by atoms with van der Waals surface area (Å²) in [5.74, 6) is -3.75. The van der Waals surface area contributed by atoms with E-state index < -0.39 is 46.7 Å². The van der Waals surface area contributed by atoms with Gasteiger partial charge in [-0.25, -0.2) is 9.59 Å². The Morgan fingerprint density at radius 1 is 1.07 bits per heavy atom. The number of hydrogen-bond donors (Lipinski definition) is 4. The number of aliphatic hydroxyl groups is 2. The molecule has 0 heterocycles. The number of ketones is 1. The number of hydrogen-bond acceptors (Lipinski definition) is 5. The highest BCUT2D eigenvalue weighted by Crippen LogP contribution is 2.64. The quantitative estimate of drug-likeness (QED) is 0.422. The number of carboxylic acids is 2. The number of rotatable bonds is 4. The van der Waals surface area contributed by atoms with Crippen LogP contribution in [0.25, 0.3) is 0 Å². The van der Waals surface area contributed by atoms with Gasteiger partial charge in [-0.1, -0.05) is 12.8 Å². The van der Waals surface area contributed by atoms with E-state index in [-0.39, 0.29) is 24.2 Å². The van der Waals surface area contributed by atoms with E-state index in [1.807, 2.05) is 6.92 Å². The minimum Gasteiger partial charge on any atom is -0.479 e. The molecule has 0 spiro atoms. The minimum absolute atomic E-state index is 0.0170. The Labute approximate surface area is 157 Å². The van der Waals surface area contributed by atoms with Gasteiger partial charge in [0, 0.05) is 17.3 Å². The third kappa shape index (κ3) is 2.77. The van der Waals surface area contributed by atoms with Gasteiger partial charge in [0.25, 0.3) is 0 Å². The molecule has 0 aliphatic heterocycles. The van der Waals surface area contributed by atoms with Crippen LogP contribution >= 0.6 is 0 Å². The van der Waals surface area contributed by atoms with E-state index in [0.29, 0.717) is 32.1 Å². The maximum Gasteiger partial charge on any atom is 0.372 e. The first-order valence-electron chi connectivity index (χ1n) is 9.45. The summed E-state index contributed by atoms with van der Waals surface area (Å²) in [5, 5.41) is 39.5. The Balaban J connectivity index is 1.96. The van der Waals surface area contributed by atoms with Gasteiger partial charge in [0.2, 0.25) is 5.78 Å². The SMILES string of the molecule is C#C[C@]1(O)CC[C@H]2[C@@H]3CCC(C(O)C(=O)O)[C@H](C(=O)C(=O)O)[C@H]3CC[C@@]21C. The Bertz CT molecular complexity index is 710. The zero-order chi connectivity index (χ0) is 20.1. The van der Waals surface area contributed by atoms with Crippen LogP contribution in [-0.2, 0) is 14.4 Å². The molecule has 3 aliphatic rings. The molecule has 3 saturated carbocycles. The van der Waals surface area contributed by atoms with Crippen LogP contribution in [0.1, 0.15) is 45.4 Å². The van der Waals surface area contributed by atoms with Gasteiger partial charge in [0.05, 0.1) is 0 Å². The van der Waals surface area contributed by atoms with Crippen molar-refractivity contribution >= 4 is 17.7 Å². The van der Waals surface area contributed by atoms with Crippen molar-refractivity contribution in [2.24, 2.45) is 35.0 Å². The van der Waals surface area contributed by atoms with E-state index in [1.54, 1.807) is 0 Å². The molecule has 8 atom stereocenters. The zero-order valence-corrected chi connectivity index (χ0v) is 15.3. The van der Waals surface area contributed by atoms with Gasteiger partial charge < -0.3 is 20.4 Å². The Kier molecular flexibility index (Phi) is 4.86. The molecule has 0 bridgehead atoms. The summed E-state index contributed by atoms with van der Waals surface area (Å²) in [4.78, 5) is 35.2. The second-order valence-electron chi connectivity index (χ2n) is 8.65. The molecule has 0 amide bonds. The van der Waals surface area contributed by atoms with Crippen molar-refractivity contribution in [1.82, 2.24) is 0 Å². The van der Waals surface area contributed by atoms with Gasteiger partial charge in [-0.05, 0) is 56.3 Å². The molecule has 0 saturated heterocycles. The highest BCUT2D eigenvalue weighted by Gasteiger charge is 2.63. The van der Waals surface area contributed by atoms with Crippen LogP contribution in [-0.4, -0.2) is 49.9 Å². The van der Waals surface area contributed by atoms with E-state index in [2.05, 4.69) is 5.92 Å². The molecular formula is C20H26O7. The molecule has 0 aromatic carbocycles. The van der Waals surface area contributed by atoms with Gasteiger partial charge in [0.15, 0.2) is 6.10 Å². The van der Waals surface area contributed by atoms with Gasteiger partial charge in [-0.15, -0.1) is 6.42 Å². The third-order valence-electron chi connectivity index (χ3n) is 7.81. The van der Waals surface area contributed by atoms with Crippen molar-refractivity contribution in [3.8, 4) is 12.3 Å². The summed E-state index contributed by atoms with van der Waals surface area (Å²) in [6.45, 7) is 1.97. The van der Waals surface area contributed by atoms with Crippen LogP contribution in [0.15, 0.2) is 0 Å². The maximum atomic E-state index is 12.5. The molecule has 3 rings (SSSR count). The fourth-order valence-corrected chi connectivity index (χ4v) is 6.38. The first-order valence-corrected chi connectivity index (χ1v) is 9.45. The lowest BCUT2D eigenvalue weighted by Crippen LogP contribution is -2.56. The molecule has 7 heteroatoms. The number of carbonyl (C=O) groups is 3. The monoisotopic (exact) mass is 378 g/mol. The molecule has 2 unspecified atom stereocenters. The Morgan fingerprint density at radius 3 is 2.30 bits per heavy atom. The largest absolute Gasteiger partial charge is 0.479 e.